The fourth-order valence-electron chi connectivity index (χ4n) is 1.77. The van der Waals surface area contributed by atoms with Gasteiger partial charge in [-0.15, -0.1) is 0 Å². The van der Waals surface area contributed by atoms with Crippen molar-refractivity contribution in [3.63, 3.8) is 0 Å². The molecule has 0 spiro atoms. The molecule has 0 bridgehead atoms. The molecule has 0 aliphatic rings. The van der Waals surface area contributed by atoms with E-state index in [9.17, 15) is 5.11 Å². The van der Waals surface area contributed by atoms with Crippen molar-refractivity contribution < 1.29 is 5.11 Å². The summed E-state index contributed by atoms with van der Waals surface area (Å²) in [6, 6.07) is 5.34. The van der Waals surface area contributed by atoms with E-state index in [1.165, 1.54) is 0 Å². The Hall–Kier alpha value is -0.360. The van der Waals surface area contributed by atoms with Crippen LogP contribution >= 0.6 is 43.5 Å². The summed E-state index contributed by atoms with van der Waals surface area (Å²) in [6.45, 7) is 2.67. The Balaban J connectivity index is 2.50. The summed E-state index contributed by atoms with van der Waals surface area (Å²) in [4.78, 5) is 0. The van der Waals surface area contributed by atoms with E-state index in [2.05, 4.69) is 37.0 Å². The summed E-state index contributed by atoms with van der Waals surface area (Å²) in [5.41, 5.74) is 1.44. The highest BCUT2D eigenvalue weighted by Gasteiger charge is 2.21. The molecule has 0 radical (unpaired) electrons. The third-order valence-electron chi connectivity index (χ3n) is 2.64. The minimum Gasteiger partial charge on any atom is -0.382 e. The van der Waals surface area contributed by atoms with Crippen molar-refractivity contribution in [3.05, 3.63) is 49.6 Å². The topological polar surface area (TPSA) is 38.0 Å². The maximum Gasteiger partial charge on any atom is 0.123 e. The van der Waals surface area contributed by atoms with Gasteiger partial charge in [-0.1, -0.05) is 27.5 Å². The molecule has 96 valence electrons. The molecule has 1 heterocycles. The van der Waals surface area contributed by atoms with Crippen LogP contribution in [0.4, 0.5) is 0 Å². The SMILES string of the molecule is CCn1ncc(Br)c1C(O)c1cc(Cl)ccc1Br. The second kappa shape index (κ2) is 5.74. The van der Waals surface area contributed by atoms with Crippen molar-refractivity contribution in [2.24, 2.45) is 0 Å². The van der Waals surface area contributed by atoms with Gasteiger partial charge in [-0.2, -0.15) is 5.10 Å². The molecular formula is C12H11Br2ClN2O. The summed E-state index contributed by atoms with van der Waals surface area (Å²) in [5.74, 6) is 0. The number of aromatic nitrogens is 2. The van der Waals surface area contributed by atoms with Crippen LogP contribution in [0.2, 0.25) is 5.02 Å². The Labute approximate surface area is 127 Å². The molecule has 1 aromatic carbocycles. The van der Waals surface area contributed by atoms with Crippen molar-refractivity contribution in [3.8, 4) is 0 Å². The Morgan fingerprint density at radius 2 is 2.11 bits per heavy atom. The fraction of sp³-hybridized carbons (Fsp3) is 0.250. The van der Waals surface area contributed by atoms with Gasteiger partial charge in [0, 0.05) is 21.6 Å². The van der Waals surface area contributed by atoms with E-state index in [0.29, 0.717) is 11.6 Å². The van der Waals surface area contributed by atoms with Gasteiger partial charge >= 0.3 is 0 Å². The monoisotopic (exact) mass is 392 g/mol. The van der Waals surface area contributed by atoms with Crippen LogP contribution < -0.4 is 0 Å². The molecule has 1 unspecified atom stereocenters. The van der Waals surface area contributed by atoms with Crippen LogP contribution in [0.15, 0.2) is 33.3 Å². The lowest BCUT2D eigenvalue weighted by Crippen LogP contribution is -2.10. The van der Waals surface area contributed by atoms with Crippen molar-refractivity contribution in [1.82, 2.24) is 9.78 Å². The van der Waals surface area contributed by atoms with E-state index in [1.807, 2.05) is 13.0 Å². The van der Waals surface area contributed by atoms with Crippen molar-refractivity contribution in [1.29, 1.82) is 0 Å². The van der Waals surface area contributed by atoms with Gasteiger partial charge in [0.25, 0.3) is 0 Å². The smallest absolute Gasteiger partial charge is 0.123 e. The van der Waals surface area contributed by atoms with Crippen molar-refractivity contribution >= 4 is 43.5 Å². The number of halogens is 3. The molecule has 2 rings (SSSR count). The van der Waals surface area contributed by atoms with Crippen LogP contribution in [0.1, 0.15) is 24.3 Å². The number of hydrogen-bond donors (Lipinski definition) is 1. The Bertz CT molecular complexity index is 571. The molecular weight excluding hydrogens is 383 g/mol. The van der Waals surface area contributed by atoms with E-state index >= 15 is 0 Å². The predicted molar refractivity (Wildman–Crippen MR) is 78.8 cm³/mol. The number of nitrogens with zero attached hydrogens (tertiary/aromatic N) is 2. The number of benzene rings is 1. The lowest BCUT2D eigenvalue weighted by Gasteiger charge is -2.15. The minimum absolute atomic E-state index is 0.589. The first-order valence-corrected chi connectivity index (χ1v) is 7.35. The third kappa shape index (κ3) is 2.64. The quantitative estimate of drug-likeness (QED) is 0.849. The number of aliphatic hydroxyl groups excluding tert-OH is 1. The number of hydrogen-bond acceptors (Lipinski definition) is 2. The molecule has 2 aromatic rings. The predicted octanol–water partition coefficient (Wildman–Crippen LogP) is 4.16. The maximum absolute atomic E-state index is 10.5. The van der Waals surface area contributed by atoms with E-state index in [-0.39, 0.29) is 0 Å². The van der Waals surface area contributed by atoms with Gasteiger partial charge in [-0.05, 0) is 41.1 Å². The average Bonchev–Trinajstić information content (AvgIpc) is 2.72. The van der Waals surface area contributed by atoms with E-state index in [0.717, 1.165) is 20.2 Å². The number of aliphatic hydroxyl groups is 1. The lowest BCUT2D eigenvalue weighted by atomic mass is 10.1. The van der Waals surface area contributed by atoms with Crippen LogP contribution in [0, 0.1) is 0 Å². The Kier molecular flexibility index (Phi) is 4.48. The summed E-state index contributed by atoms with van der Waals surface area (Å²) in [6.07, 6.45) is 0.899. The summed E-state index contributed by atoms with van der Waals surface area (Å²) in [5, 5.41) is 15.3. The van der Waals surface area contributed by atoms with Crippen LogP contribution in [0.3, 0.4) is 0 Å². The highest BCUT2D eigenvalue weighted by Crippen LogP contribution is 2.34. The zero-order valence-electron chi connectivity index (χ0n) is 9.57. The number of rotatable bonds is 3. The Morgan fingerprint density at radius 3 is 2.78 bits per heavy atom. The second-order valence-corrected chi connectivity index (χ2v) is 5.91. The highest BCUT2D eigenvalue weighted by atomic mass is 79.9. The van der Waals surface area contributed by atoms with Crippen LogP contribution in [0.5, 0.6) is 0 Å². The normalized spacial score (nSPS) is 12.7. The maximum atomic E-state index is 10.5. The van der Waals surface area contributed by atoms with Crippen molar-refractivity contribution in [2.45, 2.75) is 19.6 Å². The summed E-state index contributed by atoms with van der Waals surface area (Å²) < 4.78 is 3.35. The average molecular weight is 394 g/mol. The zero-order valence-corrected chi connectivity index (χ0v) is 13.5. The summed E-state index contributed by atoms with van der Waals surface area (Å²) in [7, 11) is 0. The molecule has 3 nitrogen and oxygen atoms in total. The molecule has 0 saturated carbocycles. The van der Waals surface area contributed by atoms with Gasteiger partial charge < -0.3 is 5.11 Å². The van der Waals surface area contributed by atoms with Crippen molar-refractivity contribution in [2.75, 3.05) is 0 Å². The van der Waals surface area contributed by atoms with Crippen LogP contribution in [0.25, 0.3) is 0 Å². The molecule has 1 N–H and O–H groups in total. The first kappa shape index (κ1) is 14.1. The summed E-state index contributed by atoms with van der Waals surface area (Å²) >= 11 is 12.8. The molecule has 0 aliphatic carbocycles. The van der Waals surface area contributed by atoms with Gasteiger partial charge in [-0.3, -0.25) is 4.68 Å². The molecule has 0 aliphatic heterocycles. The molecule has 0 amide bonds. The second-order valence-electron chi connectivity index (χ2n) is 3.76. The fourth-order valence-corrected chi connectivity index (χ4v) is 2.92. The standard InChI is InChI=1S/C12H11Br2ClN2O/c1-2-17-11(10(14)6-16-17)12(18)8-5-7(15)3-4-9(8)13/h3-6,12,18H,2H2,1H3. The molecule has 1 aromatic heterocycles. The van der Waals surface area contributed by atoms with Crippen LogP contribution in [-0.4, -0.2) is 14.9 Å². The third-order valence-corrected chi connectivity index (χ3v) is 4.21. The van der Waals surface area contributed by atoms with Gasteiger partial charge in [0.05, 0.1) is 16.4 Å². The van der Waals surface area contributed by atoms with Gasteiger partial charge in [-0.25, -0.2) is 0 Å². The lowest BCUT2D eigenvalue weighted by molar-refractivity contribution is 0.206. The molecule has 6 heteroatoms. The first-order chi connectivity index (χ1) is 8.54. The van der Waals surface area contributed by atoms with Gasteiger partial charge in [0.2, 0.25) is 0 Å². The first-order valence-electron chi connectivity index (χ1n) is 5.38. The van der Waals surface area contributed by atoms with Crippen LogP contribution in [-0.2, 0) is 6.54 Å². The molecule has 0 saturated heterocycles. The minimum atomic E-state index is -0.783. The molecule has 18 heavy (non-hydrogen) atoms. The zero-order chi connectivity index (χ0) is 13.3. The van der Waals surface area contributed by atoms with Gasteiger partial charge in [0.1, 0.15) is 6.10 Å². The Morgan fingerprint density at radius 1 is 1.39 bits per heavy atom. The number of aryl methyl sites for hydroxylation is 1. The van der Waals surface area contributed by atoms with E-state index in [4.69, 9.17) is 11.6 Å². The highest BCUT2D eigenvalue weighted by molar-refractivity contribution is 9.10. The van der Waals surface area contributed by atoms with E-state index in [1.54, 1.807) is 23.0 Å². The van der Waals surface area contributed by atoms with E-state index < -0.39 is 6.10 Å². The van der Waals surface area contributed by atoms with Gasteiger partial charge in [0.15, 0.2) is 0 Å². The molecule has 1 atom stereocenters. The largest absolute Gasteiger partial charge is 0.382 e. The molecule has 0 fully saturated rings.